The first-order chi connectivity index (χ1) is 9.08. The second-order valence-corrected chi connectivity index (χ2v) is 4.35. The number of furan rings is 1. The van der Waals surface area contributed by atoms with Gasteiger partial charge in [0, 0.05) is 19.0 Å². The van der Waals surface area contributed by atoms with Gasteiger partial charge in [0.25, 0.3) is 5.91 Å². The fourth-order valence-electron chi connectivity index (χ4n) is 2.03. The van der Waals surface area contributed by atoms with E-state index in [1.807, 2.05) is 0 Å². The van der Waals surface area contributed by atoms with Crippen molar-refractivity contribution in [2.45, 2.75) is 6.92 Å². The molecular formula is C14H17NO4. The van der Waals surface area contributed by atoms with Crippen LogP contribution in [0, 0.1) is 6.92 Å². The van der Waals surface area contributed by atoms with Crippen LogP contribution in [-0.4, -0.2) is 43.2 Å². The molecule has 0 unspecified atom stereocenters. The maximum absolute atomic E-state index is 12.3. The van der Waals surface area contributed by atoms with E-state index in [-0.39, 0.29) is 19.1 Å². The average molecular weight is 263 g/mol. The molecule has 2 rings (SSSR count). The number of benzene rings is 1. The van der Waals surface area contributed by atoms with Gasteiger partial charge in [-0.3, -0.25) is 4.79 Å². The highest BCUT2D eigenvalue weighted by atomic mass is 16.5. The first-order valence-corrected chi connectivity index (χ1v) is 6.02. The van der Waals surface area contributed by atoms with Crippen molar-refractivity contribution >= 4 is 16.9 Å². The zero-order valence-corrected chi connectivity index (χ0v) is 11.3. The predicted molar refractivity (Wildman–Crippen MR) is 71.5 cm³/mol. The van der Waals surface area contributed by atoms with Gasteiger partial charge >= 0.3 is 0 Å². The fourth-order valence-corrected chi connectivity index (χ4v) is 2.03. The number of aliphatic hydroxyl groups excluding tert-OH is 1. The van der Waals surface area contributed by atoms with E-state index in [0.717, 1.165) is 5.39 Å². The molecule has 5 heteroatoms. The van der Waals surface area contributed by atoms with Crippen molar-refractivity contribution in [2.24, 2.45) is 0 Å². The molecule has 5 nitrogen and oxygen atoms in total. The van der Waals surface area contributed by atoms with Gasteiger partial charge in [0.2, 0.25) is 0 Å². The summed E-state index contributed by atoms with van der Waals surface area (Å²) in [4.78, 5) is 13.8. The molecule has 0 aliphatic rings. The maximum atomic E-state index is 12.3. The number of carbonyl (C=O) groups is 1. The van der Waals surface area contributed by atoms with E-state index in [1.54, 1.807) is 39.3 Å². The zero-order chi connectivity index (χ0) is 14.0. The highest BCUT2D eigenvalue weighted by Gasteiger charge is 2.21. The molecule has 0 spiro atoms. The largest absolute Gasteiger partial charge is 0.497 e. The standard InChI is InChI=1S/C14H17NO4/c1-9-13(14(17)15(2)6-7-16)11-8-10(18-3)4-5-12(11)19-9/h4-5,8,16H,6-7H2,1-3H3. The molecule has 0 aliphatic heterocycles. The van der Waals surface area contributed by atoms with Crippen molar-refractivity contribution in [3.05, 3.63) is 29.5 Å². The molecular weight excluding hydrogens is 246 g/mol. The van der Waals surface area contributed by atoms with Crippen LogP contribution in [0.5, 0.6) is 5.75 Å². The summed E-state index contributed by atoms with van der Waals surface area (Å²) in [5.41, 5.74) is 1.17. The van der Waals surface area contributed by atoms with Gasteiger partial charge in [0.1, 0.15) is 17.1 Å². The van der Waals surface area contributed by atoms with Crippen LogP contribution in [0.25, 0.3) is 11.0 Å². The molecule has 0 bridgehead atoms. The Kier molecular flexibility index (Phi) is 3.76. The summed E-state index contributed by atoms with van der Waals surface area (Å²) in [5, 5.41) is 9.64. The third-order valence-electron chi connectivity index (χ3n) is 3.07. The van der Waals surface area contributed by atoms with Crippen LogP contribution >= 0.6 is 0 Å². The number of aliphatic hydroxyl groups is 1. The molecule has 0 saturated carbocycles. The van der Waals surface area contributed by atoms with Crippen LogP contribution in [0.15, 0.2) is 22.6 Å². The van der Waals surface area contributed by atoms with Crippen molar-refractivity contribution in [3.8, 4) is 5.75 Å². The van der Waals surface area contributed by atoms with E-state index < -0.39 is 0 Å². The normalized spacial score (nSPS) is 10.7. The van der Waals surface area contributed by atoms with Crippen LogP contribution in [0.3, 0.4) is 0 Å². The Bertz CT molecular complexity index is 603. The van der Waals surface area contributed by atoms with Gasteiger partial charge in [-0.15, -0.1) is 0 Å². The lowest BCUT2D eigenvalue weighted by molar-refractivity contribution is 0.0767. The Hall–Kier alpha value is -2.01. The molecule has 1 heterocycles. The van der Waals surface area contributed by atoms with Gasteiger partial charge < -0.3 is 19.2 Å². The summed E-state index contributed by atoms with van der Waals surface area (Å²) in [5.74, 6) is 1.07. The molecule has 0 radical (unpaired) electrons. The summed E-state index contributed by atoms with van der Waals surface area (Å²) >= 11 is 0. The fraction of sp³-hybridized carbons (Fsp3) is 0.357. The predicted octanol–water partition coefficient (Wildman–Crippen LogP) is 1.81. The molecule has 0 atom stereocenters. The number of hydrogen-bond donors (Lipinski definition) is 1. The van der Waals surface area contributed by atoms with Crippen LogP contribution < -0.4 is 4.74 Å². The minimum absolute atomic E-state index is 0.0691. The number of likely N-dealkylation sites (N-methyl/N-ethyl adjacent to an activating group) is 1. The van der Waals surface area contributed by atoms with Crippen molar-refractivity contribution < 1.29 is 19.1 Å². The average Bonchev–Trinajstić information content (AvgIpc) is 2.72. The van der Waals surface area contributed by atoms with Gasteiger partial charge in [-0.25, -0.2) is 0 Å². The van der Waals surface area contributed by atoms with Gasteiger partial charge in [0.05, 0.1) is 19.3 Å². The van der Waals surface area contributed by atoms with Crippen LogP contribution in [0.1, 0.15) is 16.1 Å². The third-order valence-corrected chi connectivity index (χ3v) is 3.07. The van der Waals surface area contributed by atoms with E-state index in [0.29, 0.717) is 22.7 Å². The molecule has 1 aromatic heterocycles. The summed E-state index contributed by atoms with van der Waals surface area (Å²) in [6, 6.07) is 5.35. The molecule has 0 saturated heterocycles. The summed E-state index contributed by atoms with van der Waals surface area (Å²) < 4.78 is 10.8. The summed E-state index contributed by atoms with van der Waals surface area (Å²) in [6.45, 7) is 1.97. The van der Waals surface area contributed by atoms with Crippen LogP contribution in [0.4, 0.5) is 0 Å². The number of methoxy groups -OCH3 is 1. The molecule has 1 amide bonds. The first-order valence-electron chi connectivity index (χ1n) is 6.02. The quantitative estimate of drug-likeness (QED) is 0.913. The van der Waals surface area contributed by atoms with Gasteiger partial charge in [0.15, 0.2) is 0 Å². The second-order valence-electron chi connectivity index (χ2n) is 4.35. The minimum Gasteiger partial charge on any atom is -0.497 e. The van der Waals surface area contributed by atoms with Gasteiger partial charge in [-0.2, -0.15) is 0 Å². The molecule has 2 aromatic rings. The molecule has 0 fully saturated rings. The summed E-state index contributed by atoms with van der Waals surface area (Å²) in [7, 11) is 3.23. The van der Waals surface area contributed by atoms with E-state index in [4.69, 9.17) is 14.3 Å². The maximum Gasteiger partial charge on any atom is 0.257 e. The molecule has 1 aromatic carbocycles. The van der Waals surface area contributed by atoms with E-state index in [9.17, 15) is 4.79 Å². The first kappa shape index (κ1) is 13.4. The highest BCUT2D eigenvalue weighted by molar-refractivity contribution is 6.07. The lowest BCUT2D eigenvalue weighted by atomic mass is 10.1. The Morgan fingerprint density at radius 2 is 2.21 bits per heavy atom. The van der Waals surface area contributed by atoms with E-state index >= 15 is 0 Å². The lowest BCUT2D eigenvalue weighted by Crippen LogP contribution is -2.29. The number of ether oxygens (including phenoxy) is 1. The molecule has 19 heavy (non-hydrogen) atoms. The number of rotatable bonds is 4. The zero-order valence-electron chi connectivity index (χ0n) is 11.3. The monoisotopic (exact) mass is 263 g/mol. The Morgan fingerprint density at radius 3 is 2.84 bits per heavy atom. The lowest BCUT2D eigenvalue weighted by Gasteiger charge is -2.15. The van der Waals surface area contributed by atoms with E-state index in [1.165, 1.54) is 4.90 Å². The van der Waals surface area contributed by atoms with Crippen molar-refractivity contribution in [3.63, 3.8) is 0 Å². The van der Waals surface area contributed by atoms with Crippen molar-refractivity contribution in [1.82, 2.24) is 4.90 Å². The van der Waals surface area contributed by atoms with Gasteiger partial charge in [-0.05, 0) is 25.1 Å². The number of fused-ring (bicyclic) bond motifs is 1. The smallest absolute Gasteiger partial charge is 0.257 e. The molecule has 0 aliphatic carbocycles. The number of amides is 1. The summed E-state index contributed by atoms with van der Waals surface area (Å²) in [6.07, 6.45) is 0. The second kappa shape index (κ2) is 5.32. The minimum atomic E-state index is -0.168. The van der Waals surface area contributed by atoms with E-state index in [2.05, 4.69) is 0 Å². The van der Waals surface area contributed by atoms with Crippen molar-refractivity contribution in [2.75, 3.05) is 27.3 Å². The Balaban J connectivity index is 2.52. The molecule has 102 valence electrons. The van der Waals surface area contributed by atoms with Crippen LogP contribution in [0.2, 0.25) is 0 Å². The number of carbonyl (C=O) groups excluding carboxylic acids is 1. The Labute approximate surface area is 111 Å². The SMILES string of the molecule is COc1ccc2oc(C)c(C(=O)N(C)CCO)c2c1. The number of aryl methyl sites for hydroxylation is 1. The Morgan fingerprint density at radius 1 is 1.47 bits per heavy atom. The van der Waals surface area contributed by atoms with Crippen molar-refractivity contribution in [1.29, 1.82) is 0 Å². The third kappa shape index (κ3) is 2.42. The highest BCUT2D eigenvalue weighted by Crippen LogP contribution is 2.29. The number of hydrogen-bond acceptors (Lipinski definition) is 4. The molecule has 1 N–H and O–H groups in total. The topological polar surface area (TPSA) is 62.9 Å². The number of nitrogens with zero attached hydrogens (tertiary/aromatic N) is 1. The van der Waals surface area contributed by atoms with Crippen LogP contribution in [-0.2, 0) is 0 Å². The van der Waals surface area contributed by atoms with Gasteiger partial charge in [-0.1, -0.05) is 0 Å².